The number of rotatable bonds is 11. The molecule has 1 N–H and O–H groups in total. The molecule has 1 aromatic carbocycles. The molecule has 0 aliphatic carbocycles. The van der Waals surface area contributed by atoms with Crippen molar-refractivity contribution in [3.05, 3.63) is 52.8 Å². The lowest BCUT2D eigenvalue weighted by Gasteiger charge is -2.10. The van der Waals surface area contributed by atoms with Crippen molar-refractivity contribution < 1.29 is 14.3 Å². The number of carbonyl (C=O) groups excluding carboxylic acids is 1. The minimum Gasteiger partial charge on any atom is -0.497 e. The van der Waals surface area contributed by atoms with E-state index in [4.69, 9.17) is 9.47 Å². The van der Waals surface area contributed by atoms with Gasteiger partial charge in [0.2, 0.25) is 5.13 Å². The smallest absolute Gasteiger partial charge is 0.206 e. The van der Waals surface area contributed by atoms with Crippen LogP contribution >= 0.6 is 23.1 Å². The van der Waals surface area contributed by atoms with Crippen molar-refractivity contribution in [2.45, 2.75) is 50.1 Å². The first-order chi connectivity index (χ1) is 16.0. The van der Waals surface area contributed by atoms with Gasteiger partial charge in [0.1, 0.15) is 5.75 Å². The molecule has 0 amide bonds. The molecule has 1 atom stereocenters. The Hall–Kier alpha value is -2.36. The van der Waals surface area contributed by atoms with Crippen molar-refractivity contribution in [2.75, 3.05) is 31.3 Å². The number of ketones is 1. The molecule has 176 valence electrons. The number of nitrogens with zero attached hydrogens (tertiary/aromatic N) is 3. The third-order valence-corrected chi connectivity index (χ3v) is 7.91. The highest BCUT2D eigenvalue weighted by atomic mass is 32.2. The SMILES string of the molecule is COc1ccc(CCn2c(C)cc(C(=O)CSc3nnc(NCC4CCCO4)s3)c2C)cc1. The number of hydrogen-bond donors (Lipinski definition) is 1. The number of nitrogens with one attached hydrogen (secondary N) is 1. The largest absolute Gasteiger partial charge is 0.497 e. The van der Waals surface area contributed by atoms with Crippen LogP contribution in [0, 0.1) is 13.8 Å². The third kappa shape index (κ3) is 6.16. The van der Waals surface area contributed by atoms with Crippen LogP contribution in [0.1, 0.15) is 40.2 Å². The van der Waals surface area contributed by atoms with Gasteiger partial charge in [-0.2, -0.15) is 0 Å². The van der Waals surface area contributed by atoms with Gasteiger partial charge in [-0.05, 0) is 56.9 Å². The molecule has 0 saturated carbocycles. The van der Waals surface area contributed by atoms with Crippen LogP contribution in [0.2, 0.25) is 0 Å². The Bertz CT molecular complexity index is 1070. The highest BCUT2D eigenvalue weighted by Crippen LogP contribution is 2.27. The molecule has 1 aliphatic heterocycles. The first-order valence-electron chi connectivity index (χ1n) is 11.2. The van der Waals surface area contributed by atoms with Gasteiger partial charge >= 0.3 is 0 Å². The Kier molecular flexibility index (Phi) is 8.06. The number of aryl methyl sites for hydroxylation is 2. The normalized spacial score (nSPS) is 15.7. The maximum atomic E-state index is 12.9. The van der Waals surface area contributed by atoms with Crippen LogP contribution < -0.4 is 10.1 Å². The zero-order valence-corrected chi connectivity index (χ0v) is 20.9. The summed E-state index contributed by atoms with van der Waals surface area (Å²) in [4.78, 5) is 12.9. The molecule has 9 heteroatoms. The Balaban J connectivity index is 1.30. The van der Waals surface area contributed by atoms with Crippen LogP contribution in [0.3, 0.4) is 0 Å². The maximum absolute atomic E-state index is 12.9. The van der Waals surface area contributed by atoms with E-state index in [1.165, 1.54) is 28.7 Å². The molecule has 1 aliphatic rings. The van der Waals surface area contributed by atoms with Crippen molar-refractivity contribution in [1.29, 1.82) is 0 Å². The average molecular weight is 487 g/mol. The van der Waals surface area contributed by atoms with Gasteiger partial charge in [0.25, 0.3) is 0 Å². The first-order valence-corrected chi connectivity index (χ1v) is 13.0. The number of Topliss-reactive ketones (excluding diaryl/α,β-unsaturated/α-hetero) is 1. The van der Waals surface area contributed by atoms with E-state index in [0.29, 0.717) is 5.75 Å². The molecule has 1 unspecified atom stereocenters. The molecular weight excluding hydrogens is 456 g/mol. The number of methoxy groups -OCH3 is 1. The Morgan fingerprint density at radius 2 is 2.12 bits per heavy atom. The number of hydrogen-bond acceptors (Lipinski definition) is 8. The summed E-state index contributed by atoms with van der Waals surface area (Å²) in [5.41, 5.74) is 4.15. The van der Waals surface area contributed by atoms with Gasteiger partial charge in [-0.15, -0.1) is 10.2 Å². The molecule has 0 bridgehead atoms. The monoisotopic (exact) mass is 486 g/mol. The van der Waals surface area contributed by atoms with Gasteiger partial charge in [-0.1, -0.05) is 35.2 Å². The van der Waals surface area contributed by atoms with E-state index in [-0.39, 0.29) is 11.9 Å². The van der Waals surface area contributed by atoms with E-state index < -0.39 is 0 Å². The zero-order chi connectivity index (χ0) is 23.2. The summed E-state index contributed by atoms with van der Waals surface area (Å²) in [7, 11) is 1.67. The van der Waals surface area contributed by atoms with Crippen LogP contribution in [0.25, 0.3) is 0 Å². The Morgan fingerprint density at radius 3 is 2.85 bits per heavy atom. The molecule has 0 radical (unpaired) electrons. The minimum atomic E-state index is 0.118. The zero-order valence-electron chi connectivity index (χ0n) is 19.3. The van der Waals surface area contributed by atoms with Crippen molar-refractivity contribution in [1.82, 2.24) is 14.8 Å². The summed E-state index contributed by atoms with van der Waals surface area (Å²) in [5, 5.41) is 12.5. The molecule has 3 heterocycles. The first kappa shape index (κ1) is 23.8. The molecule has 1 fully saturated rings. The third-order valence-electron chi connectivity index (χ3n) is 5.90. The number of aromatic nitrogens is 3. The van der Waals surface area contributed by atoms with Gasteiger partial charge in [0, 0.05) is 36.6 Å². The van der Waals surface area contributed by atoms with Crippen LogP contribution in [0.5, 0.6) is 5.75 Å². The van der Waals surface area contributed by atoms with Crippen molar-refractivity contribution in [3.63, 3.8) is 0 Å². The van der Waals surface area contributed by atoms with E-state index in [2.05, 4.69) is 39.1 Å². The van der Waals surface area contributed by atoms with Gasteiger partial charge in [-0.25, -0.2) is 0 Å². The predicted octanol–water partition coefficient (Wildman–Crippen LogP) is 4.77. The van der Waals surface area contributed by atoms with Gasteiger partial charge in [0.05, 0.1) is 19.0 Å². The molecule has 2 aromatic heterocycles. The highest BCUT2D eigenvalue weighted by Gasteiger charge is 2.18. The lowest BCUT2D eigenvalue weighted by Crippen LogP contribution is -2.18. The van der Waals surface area contributed by atoms with Crippen LogP contribution in [-0.4, -0.2) is 52.7 Å². The topological polar surface area (TPSA) is 78.3 Å². The van der Waals surface area contributed by atoms with Crippen LogP contribution in [0.4, 0.5) is 5.13 Å². The average Bonchev–Trinajstić information content (AvgIpc) is 3.57. The standard InChI is InChI=1S/C24H30N4O3S2/c1-16-13-21(17(2)28(16)11-10-18-6-8-19(30-3)9-7-18)22(29)15-32-24-27-26-23(33-24)25-14-20-5-4-12-31-20/h6-9,13,20H,4-5,10-12,14-15H2,1-3H3,(H,25,26). The summed E-state index contributed by atoms with van der Waals surface area (Å²) in [6.45, 7) is 6.51. The lowest BCUT2D eigenvalue weighted by atomic mass is 10.1. The lowest BCUT2D eigenvalue weighted by molar-refractivity contribution is 0.102. The van der Waals surface area contributed by atoms with E-state index >= 15 is 0 Å². The Morgan fingerprint density at radius 1 is 1.30 bits per heavy atom. The molecule has 1 saturated heterocycles. The second kappa shape index (κ2) is 11.2. The van der Waals surface area contributed by atoms with Crippen LogP contribution in [-0.2, 0) is 17.7 Å². The molecule has 4 rings (SSSR count). The highest BCUT2D eigenvalue weighted by molar-refractivity contribution is 8.01. The van der Waals surface area contributed by atoms with E-state index in [9.17, 15) is 4.79 Å². The van der Waals surface area contributed by atoms with Crippen molar-refractivity contribution in [2.24, 2.45) is 0 Å². The van der Waals surface area contributed by atoms with Crippen molar-refractivity contribution in [3.8, 4) is 5.75 Å². The number of carbonyl (C=O) groups is 1. The summed E-state index contributed by atoms with van der Waals surface area (Å²) in [6.07, 6.45) is 3.36. The van der Waals surface area contributed by atoms with E-state index in [1.807, 2.05) is 25.1 Å². The molecule has 7 nitrogen and oxygen atoms in total. The van der Waals surface area contributed by atoms with Gasteiger partial charge < -0.3 is 19.4 Å². The quantitative estimate of drug-likeness (QED) is 0.309. The van der Waals surface area contributed by atoms with E-state index in [1.54, 1.807) is 7.11 Å². The molecular formula is C24H30N4O3S2. The second-order valence-corrected chi connectivity index (χ2v) is 10.3. The number of anilines is 1. The fourth-order valence-electron chi connectivity index (χ4n) is 4.01. The molecule has 33 heavy (non-hydrogen) atoms. The summed E-state index contributed by atoms with van der Waals surface area (Å²) >= 11 is 2.92. The second-order valence-electron chi connectivity index (χ2n) is 8.14. The fraction of sp³-hybridized carbons (Fsp3) is 0.458. The van der Waals surface area contributed by atoms with Gasteiger partial charge in [-0.3, -0.25) is 4.79 Å². The molecule has 0 spiro atoms. The predicted molar refractivity (Wildman–Crippen MR) is 133 cm³/mol. The van der Waals surface area contributed by atoms with Crippen molar-refractivity contribution >= 4 is 34.0 Å². The Labute approximate surface area is 202 Å². The van der Waals surface area contributed by atoms with E-state index in [0.717, 1.165) is 71.1 Å². The maximum Gasteiger partial charge on any atom is 0.206 e. The van der Waals surface area contributed by atoms with Gasteiger partial charge in [0.15, 0.2) is 10.1 Å². The fourth-order valence-corrected chi connectivity index (χ4v) is 5.65. The summed E-state index contributed by atoms with van der Waals surface area (Å²) < 4.78 is 13.9. The summed E-state index contributed by atoms with van der Waals surface area (Å²) in [5.74, 6) is 1.33. The number of ether oxygens (including phenoxy) is 2. The van der Waals surface area contributed by atoms with Crippen LogP contribution in [0.15, 0.2) is 34.7 Å². The minimum absolute atomic E-state index is 0.118. The molecule has 3 aromatic rings. The summed E-state index contributed by atoms with van der Waals surface area (Å²) in [6, 6.07) is 10.1. The number of thioether (sulfide) groups is 1. The number of benzene rings is 1.